The molecular formula is C17H27NO3. The van der Waals surface area contributed by atoms with E-state index in [0.717, 1.165) is 29.7 Å². The summed E-state index contributed by atoms with van der Waals surface area (Å²) in [6, 6.07) is 6.06. The minimum Gasteiger partial charge on any atom is -0.496 e. The highest BCUT2D eigenvalue weighted by Gasteiger charge is 2.25. The number of benzene rings is 1. The van der Waals surface area contributed by atoms with Gasteiger partial charge in [0.15, 0.2) is 0 Å². The maximum absolute atomic E-state index is 6.09. The first-order chi connectivity index (χ1) is 9.99. The molecule has 3 unspecified atom stereocenters. The van der Waals surface area contributed by atoms with Crippen LogP contribution in [0.5, 0.6) is 5.75 Å². The predicted molar refractivity (Wildman–Crippen MR) is 83.4 cm³/mol. The standard InChI is InChI=1S/C17H27NO3/c1-11-7-16(8-12(2)21-11)20-10-15-9-14(13(3)18)5-6-17(15)19-4/h5-6,9,11-13,16H,7-8,10,18H2,1-4H3. The Morgan fingerprint density at radius 3 is 2.52 bits per heavy atom. The maximum atomic E-state index is 6.09. The van der Waals surface area contributed by atoms with Crippen LogP contribution in [0.3, 0.4) is 0 Å². The Labute approximate surface area is 127 Å². The van der Waals surface area contributed by atoms with Gasteiger partial charge in [-0.15, -0.1) is 0 Å². The predicted octanol–water partition coefficient (Wildman–Crippen LogP) is 3.19. The second-order valence-corrected chi connectivity index (χ2v) is 6.02. The zero-order valence-corrected chi connectivity index (χ0v) is 13.5. The average molecular weight is 293 g/mol. The van der Waals surface area contributed by atoms with Crippen LogP contribution in [0.15, 0.2) is 18.2 Å². The van der Waals surface area contributed by atoms with Crippen molar-refractivity contribution in [1.29, 1.82) is 0 Å². The van der Waals surface area contributed by atoms with Crippen LogP contribution in [0, 0.1) is 0 Å². The molecule has 1 aromatic carbocycles. The molecule has 1 fully saturated rings. The van der Waals surface area contributed by atoms with E-state index in [4.69, 9.17) is 19.9 Å². The van der Waals surface area contributed by atoms with E-state index in [1.807, 2.05) is 19.1 Å². The van der Waals surface area contributed by atoms with Gasteiger partial charge < -0.3 is 19.9 Å². The van der Waals surface area contributed by atoms with Crippen LogP contribution in [0.4, 0.5) is 0 Å². The number of rotatable bonds is 5. The zero-order chi connectivity index (χ0) is 15.4. The normalized spacial score (nSPS) is 27.4. The molecule has 0 saturated carbocycles. The largest absolute Gasteiger partial charge is 0.496 e. The molecule has 0 aromatic heterocycles. The van der Waals surface area contributed by atoms with Crippen molar-refractivity contribution in [3.8, 4) is 5.75 Å². The van der Waals surface area contributed by atoms with Crippen molar-refractivity contribution in [2.45, 2.75) is 64.6 Å². The molecule has 0 aliphatic carbocycles. The summed E-state index contributed by atoms with van der Waals surface area (Å²) in [5, 5.41) is 0. The first kappa shape index (κ1) is 16.3. The van der Waals surface area contributed by atoms with Gasteiger partial charge >= 0.3 is 0 Å². The summed E-state index contributed by atoms with van der Waals surface area (Å²) in [4.78, 5) is 0. The van der Waals surface area contributed by atoms with Crippen molar-refractivity contribution in [2.24, 2.45) is 5.73 Å². The van der Waals surface area contributed by atoms with Gasteiger partial charge in [-0.05, 0) is 51.3 Å². The van der Waals surface area contributed by atoms with E-state index < -0.39 is 0 Å². The fraction of sp³-hybridized carbons (Fsp3) is 0.647. The van der Waals surface area contributed by atoms with Gasteiger partial charge in [0.25, 0.3) is 0 Å². The molecule has 1 aromatic rings. The van der Waals surface area contributed by atoms with Crippen LogP contribution in [0.25, 0.3) is 0 Å². The Balaban J connectivity index is 2.02. The third kappa shape index (κ3) is 4.43. The molecule has 1 heterocycles. The minimum atomic E-state index is 0.0118. The van der Waals surface area contributed by atoms with Gasteiger partial charge in [0.2, 0.25) is 0 Å². The molecule has 118 valence electrons. The van der Waals surface area contributed by atoms with E-state index in [1.165, 1.54) is 0 Å². The van der Waals surface area contributed by atoms with Crippen molar-refractivity contribution in [3.63, 3.8) is 0 Å². The molecule has 2 N–H and O–H groups in total. The van der Waals surface area contributed by atoms with Crippen molar-refractivity contribution >= 4 is 0 Å². The van der Waals surface area contributed by atoms with E-state index >= 15 is 0 Å². The Kier molecular flexibility index (Phi) is 5.62. The minimum absolute atomic E-state index is 0.0118. The first-order valence-electron chi connectivity index (χ1n) is 7.69. The lowest BCUT2D eigenvalue weighted by Gasteiger charge is -2.32. The molecule has 1 aliphatic rings. The molecule has 21 heavy (non-hydrogen) atoms. The van der Waals surface area contributed by atoms with Gasteiger partial charge in [0.05, 0.1) is 32.0 Å². The lowest BCUT2D eigenvalue weighted by atomic mass is 10.0. The molecule has 0 spiro atoms. The van der Waals surface area contributed by atoms with Crippen molar-refractivity contribution in [1.82, 2.24) is 0 Å². The monoisotopic (exact) mass is 293 g/mol. The Morgan fingerprint density at radius 1 is 1.29 bits per heavy atom. The molecule has 4 heteroatoms. The Hall–Kier alpha value is -1.10. The molecule has 1 saturated heterocycles. The third-order valence-corrected chi connectivity index (χ3v) is 3.96. The quantitative estimate of drug-likeness (QED) is 0.906. The highest BCUT2D eigenvalue weighted by molar-refractivity contribution is 5.37. The highest BCUT2D eigenvalue weighted by Crippen LogP contribution is 2.26. The van der Waals surface area contributed by atoms with Crippen LogP contribution in [0.2, 0.25) is 0 Å². The van der Waals surface area contributed by atoms with Gasteiger partial charge in [0, 0.05) is 11.6 Å². The summed E-state index contributed by atoms with van der Waals surface area (Å²) >= 11 is 0. The second-order valence-electron chi connectivity index (χ2n) is 6.02. The molecule has 0 bridgehead atoms. The summed E-state index contributed by atoms with van der Waals surface area (Å²) in [6.45, 7) is 6.73. The van der Waals surface area contributed by atoms with Crippen molar-refractivity contribution < 1.29 is 14.2 Å². The Bertz CT molecular complexity index is 451. The van der Waals surface area contributed by atoms with Gasteiger partial charge in [-0.1, -0.05) is 6.07 Å². The van der Waals surface area contributed by atoms with Gasteiger partial charge in [-0.3, -0.25) is 0 Å². The number of hydrogen-bond donors (Lipinski definition) is 1. The van der Waals surface area contributed by atoms with Crippen LogP contribution in [-0.4, -0.2) is 25.4 Å². The number of nitrogens with two attached hydrogens (primary N) is 1. The molecule has 4 nitrogen and oxygen atoms in total. The van der Waals surface area contributed by atoms with Gasteiger partial charge in [-0.25, -0.2) is 0 Å². The van der Waals surface area contributed by atoms with E-state index in [-0.39, 0.29) is 24.4 Å². The SMILES string of the molecule is COc1ccc(C(C)N)cc1COC1CC(C)OC(C)C1. The fourth-order valence-corrected chi connectivity index (χ4v) is 2.88. The fourth-order valence-electron chi connectivity index (χ4n) is 2.88. The molecule has 3 atom stereocenters. The summed E-state index contributed by atoms with van der Waals surface area (Å²) < 4.78 is 17.2. The van der Waals surface area contributed by atoms with Crippen LogP contribution in [0.1, 0.15) is 50.8 Å². The van der Waals surface area contributed by atoms with Crippen LogP contribution >= 0.6 is 0 Å². The lowest BCUT2D eigenvalue weighted by Crippen LogP contribution is -2.34. The number of hydrogen-bond acceptors (Lipinski definition) is 4. The topological polar surface area (TPSA) is 53.7 Å². The molecule has 0 amide bonds. The summed E-state index contributed by atoms with van der Waals surface area (Å²) in [6.07, 6.45) is 2.65. The molecule has 0 radical (unpaired) electrons. The van der Waals surface area contributed by atoms with Gasteiger partial charge in [0.1, 0.15) is 5.75 Å². The molecule has 1 aliphatic heterocycles. The van der Waals surface area contributed by atoms with Crippen LogP contribution in [-0.2, 0) is 16.1 Å². The zero-order valence-electron chi connectivity index (χ0n) is 13.5. The summed E-state index contributed by atoms with van der Waals surface area (Å²) in [5.41, 5.74) is 8.11. The van der Waals surface area contributed by atoms with E-state index in [2.05, 4.69) is 19.9 Å². The number of ether oxygens (including phenoxy) is 3. The van der Waals surface area contributed by atoms with Gasteiger partial charge in [-0.2, -0.15) is 0 Å². The van der Waals surface area contributed by atoms with E-state index in [0.29, 0.717) is 6.61 Å². The van der Waals surface area contributed by atoms with Crippen molar-refractivity contribution in [3.05, 3.63) is 29.3 Å². The van der Waals surface area contributed by atoms with E-state index in [9.17, 15) is 0 Å². The lowest BCUT2D eigenvalue weighted by molar-refractivity contribution is -0.106. The summed E-state index contributed by atoms with van der Waals surface area (Å²) in [7, 11) is 1.68. The smallest absolute Gasteiger partial charge is 0.124 e. The third-order valence-electron chi connectivity index (χ3n) is 3.96. The highest BCUT2D eigenvalue weighted by atomic mass is 16.5. The maximum Gasteiger partial charge on any atom is 0.124 e. The molecule has 2 rings (SSSR count). The average Bonchev–Trinajstić information content (AvgIpc) is 2.43. The first-order valence-corrected chi connectivity index (χ1v) is 7.69. The van der Waals surface area contributed by atoms with Crippen molar-refractivity contribution in [2.75, 3.05) is 7.11 Å². The summed E-state index contributed by atoms with van der Waals surface area (Å²) in [5.74, 6) is 0.854. The second kappa shape index (κ2) is 7.25. The number of methoxy groups -OCH3 is 1. The van der Waals surface area contributed by atoms with E-state index in [1.54, 1.807) is 7.11 Å². The Morgan fingerprint density at radius 2 is 1.95 bits per heavy atom. The van der Waals surface area contributed by atoms with Crippen LogP contribution < -0.4 is 10.5 Å². The molecular weight excluding hydrogens is 266 g/mol.